The van der Waals surface area contributed by atoms with E-state index < -0.39 is 4.92 Å². The van der Waals surface area contributed by atoms with E-state index in [1.165, 1.54) is 18.2 Å². The van der Waals surface area contributed by atoms with Gasteiger partial charge in [-0.05, 0) is 23.6 Å². The Hall–Kier alpha value is -1.24. The van der Waals surface area contributed by atoms with E-state index in [9.17, 15) is 10.1 Å². The molecule has 0 N–H and O–H groups in total. The third kappa shape index (κ3) is 2.11. The first kappa shape index (κ1) is 9.85. The van der Waals surface area contributed by atoms with Crippen molar-refractivity contribution in [3.05, 3.63) is 38.9 Å². The lowest BCUT2D eigenvalue weighted by molar-refractivity contribution is -0.385. The van der Waals surface area contributed by atoms with Gasteiger partial charge in [0.25, 0.3) is 5.69 Å². The molecular formula is C8H3Cl2NO2. The molecule has 0 aliphatic rings. The van der Waals surface area contributed by atoms with Crippen LogP contribution in [0.15, 0.2) is 18.2 Å². The molecule has 1 aromatic carbocycles. The minimum Gasteiger partial charge on any atom is -0.258 e. The second kappa shape index (κ2) is 4.13. The molecular weight excluding hydrogens is 213 g/mol. The van der Waals surface area contributed by atoms with Crippen LogP contribution in [0.5, 0.6) is 0 Å². The monoisotopic (exact) mass is 215 g/mol. The molecule has 3 nitrogen and oxygen atoms in total. The van der Waals surface area contributed by atoms with Gasteiger partial charge in [-0.2, -0.15) is 0 Å². The molecule has 1 aromatic rings. The van der Waals surface area contributed by atoms with Gasteiger partial charge in [-0.3, -0.25) is 10.1 Å². The molecule has 0 amide bonds. The van der Waals surface area contributed by atoms with E-state index in [2.05, 4.69) is 11.3 Å². The van der Waals surface area contributed by atoms with Crippen LogP contribution in [0.25, 0.3) is 0 Å². The highest BCUT2D eigenvalue weighted by Crippen LogP contribution is 2.24. The Labute approximate surface area is 84.4 Å². The molecule has 13 heavy (non-hydrogen) atoms. The summed E-state index contributed by atoms with van der Waals surface area (Å²) in [6, 6.07) is 4.33. The van der Waals surface area contributed by atoms with Crippen LogP contribution in [-0.2, 0) is 0 Å². The van der Waals surface area contributed by atoms with E-state index in [0.29, 0.717) is 0 Å². The smallest absolute Gasteiger partial charge is 0.258 e. The van der Waals surface area contributed by atoms with Crippen molar-refractivity contribution in [3.63, 3.8) is 0 Å². The van der Waals surface area contributed by atoms with E-state index >= 15 is 0 Å². The van der Waals surface area contributed by atoms with E-state index in [4.69, 9.17) is 23.2 Å². The minimum atomic E-state index is -0.553. The molecule has 0 saturated heterocycles. The Kier molecular flexibility index (Phi) is 3.13. The Morgan fingerprint density at radius 3 is 2.69 bits per heavy atom. The normalized spacial score (nSPS) is 8.77. The second-order valence-electron chi connectivity index (χ2n) is 2.11. The average molecular weight is 216 g/mol. The lowest BCUT2D eigenvalue weighted by atomic mass is 10.2. The molecule has 0 aliphatic heterocycles. The van der Waals surface area contributed by atoms with Crippen molar-refractivity contribution in [2.45, 2.75) is 0 Å². The van der Waals surface area contributed by atoms with E-state index in [1.54, 1.807) is 0 Å². The maximum absolute atomic E-state index is 10.5. The summed E-state index contributed by atoms with van der Waals surface area (Å²) < 4.78 is 0. The third-order valence-corrected chi connectivity index (χ3v) is 1.77. The molecule has 0 radical (unpaired) electrons. The van der Waals surface area contributed by atoms with Crippen molar-refractivity contribution >= 4 is 28.9 Å². The fourth-order valence-corrected chi connectivity index (χ4v) is 1.15. The topological polar surface area (TPSA) is 43.1 Å². The van der Waals surface area contributed by atoms with Gasteiger partial charge in [0.2, 0.25) is 0 Å². The molecule has 5 heteroatoms. The van der Waals surface area contributed by atoms with Crippen LogP contribution < -0.4 is 0 Å². The van der Waals surface area contributed by atoms with Crippen molar-refractivity contribution in [1.29, 1.82) is 0 Å². The van der Waals surface area contributed by atoms with Gasteiger partial charge in [0.05, 0.1) is 9.95 Å². The van der Waals surface area contributed by atoms with E-state index in [-0.39, 0.29) is 16.3 Å². The number of hydrogen-bond acceptors (Lipinski definition) is 2. The standard InChI is InChI=1S/C8H3Cl2NO2/c9-5-4-6-7(10)2-1-3-8(6)11(12)13/h1-3H. The van der Waals surface area contributed by atoms with Crippen LogP contribution in [0.3, 0.4) is 0 Å². The van der Waals surface area contributed by atoms with Crippen molar-refractivity contribution in [2.75, 3.05) is 0 Å². The summed E-state index contributed by atoms with van der Waals surface area (Å²) in [4.78, 5) is 9.93. The van der Waals surface area contributed by atoms with Gasteiger partial charge in [0, 0.05) is 11.4 Å². The predicted octanol–water partition coefficient (Wildman–Crippen LogP) is 2.80. The summed E-state index contributed by atoms with van der Waals surface area (Å²) in [6.45, 7) is 0. The molecule has 0 saturated carbocycles. The van der Waals surface area contributed by atoms with Crippen LogP contribution in [0, 0.1) is 21.4 Å². The number of halogens is 2. The fraction of sp³-hybridized carbons (Fsp3) is 0. The predicted molar refractivity (Wildman–Crippen MR) is 50.8 cm³/mol. The van der Waals surface area contributed by atoms with Crippen molar-refractivity contribution in [1.82, 2.24) is 0 Å². The highest BCUT2D eigenvalue weighted by Gasteiger charge is 2.13. The third-order valence-electron chi connectivity index (χ3n) is 1.36. The van der Waals surface area contributed by atoms with Crippen LogP contribution in [0.1, 0.15) is 5.56 Å². The second-order valence-corrected chi connectivity index (χ2v) is 2.71. The van der Waals surface area contributed by atoms with Crippen LogP contribution in [-0.4, -0.2) is 4.92 Å². The Balaban J connectivity index is 3.39. The van der Waals surface area contributed by atoms with Gasteiger partial charge in [0.15, 0.2) is 0 Å². The molecule has 0 spiro atoms. The lowest BCUT2D eigenvalue weighted by Crippen LogP contribution is -1.92. The maximum atomic E-state index is 10.5. The molecule has 0 heterocycles. The number of nitro groups is 1. The van der Waals surface area contributed by atoms with Crippen molar-refractivity contribution in [2.24, 2.45) is 0 Å². The first-order valence-electron chi connectivity index (χ1n) is 3.21. The molecule has 0 unspecified atom stereocenters. The summed E-state index contributed by atoms with van der Waals surface area (Å²) in [6.07, 6.45) is 0. The Morgan fingerprint density at radius 1 is 1.46 bits per heavy atom. The van der Waals surface area contributed by atoms with Gasteiger partial charge in [-0.25, -0.2) is 0 Å². The summed E-state index contributed by atoms with van der Waals surface area (Å²) in [5.74, 6) is 2.37. The van der Waals surface area contributed by atoms with E-state index in [1.807, 2.05) is 0 Å². The molecule has 0 fully saturated rings. The summed E-state index contributed by atoms with van der Waals surface area (Å²) in [5.41, 5.74) is 0.00446. The zero-order chi connectivity index (χ0) is 9.84. The molecule has 66 valence electrons. The van der Waals surface area contributed by atoms with E-state index in [0.717, 1.165) is 0 Å². The van der Waals surface area contributed by atoms with Crippen LogP contribution >= 0.6 is 23.2 Å². The number of benzene rings is 1. The zero-order valence-electron chi connectivity index (χ0n) is 6.25. The SMILES string of the molecule is O=[N+]([O-])c1cccc(Cl)c1C#CCl. The van der Waals surface area contributed by atoms with Gasteiger partial charge in [-0.1, -0.05) is 17.7 Å². The maximum Gasteiger partial charge on any atom is 0.286 e. The molecule has 1 rings (SSSR count). The highest BCUT2D eigenvalue weighted by atomic mass is 35.5. The first-order valence-corrected chi connectivity index (χ1v) is 3.97. The molecule has 0 aromatic heterocycles. The van der Waals surface area contributed by atoms with Crippen LogP contribution in [0.4, 0.5) is 5.69 Å². The molecule has 0 bridgehead atoms. The largest absolute Gasteiger partial charge is 0.286 e. The molecule has 0 atom stereocenters. The van der Waals surface area contributed by atoms with Crippen molar-refractivity contribution < 1.29 is 4.92 Å². The summed E-state index contributed by atoms with van der Waals surface area (Å²) in [5, 5.41) is 12.8. The molecule has 0 aliphatic carbocycles. The highest BCUT2D eigenvalue weighted by molar-refractivity contribution is 6.33. The van der Waals surface area contributed by atoms with Gasteiger partial charge < -0.3 is 0 Å². The Morgan fingerprint density at radius 2 is 2.15 bits per heavy atom. The average Bonchev–Trinajstić information content (AvgIpc) is 2.08. The summed E-state index contributed by atoms with van der Waals surface area (Å²) >= 11 is 10.8. The number of nitro benzene ring substituents is 1. The van der Waals surface area contributed by atoms with Crippen LogP contribution in [0.2, 0.25) is 5.02 Å². The Bertz CT molecular complexity index is 406. The van der Waals surface area contributed by atoms with Gasteiger partial charge in [0.1, 0.15) is 5.56 Å². The fourth-order valence-electron chi connectivity index (χ4n) is 0.836. The lowest BCUT2D eigenvalue weighted by Gasteiger charge is -1.96. The zero-order valence-corrected chi connectivity index (χ0v) is 7.76. The number of nitrogens with zero attached hydrogens (tertiary/aromatic N) is 1. The van der Waals surface area contributed by atoms with Gasteiger partial charge >= 0.3 is 0 Å². The quantitative estimate of drug-likeness (QED) is 0.411. The first-order chi connectivity index (χ1) is 6.16. The number of rotatable bonds is 1. The number of hydrogen-bond donors (Lipinski definition) is 0. The van der Waals surface area contributed by atoms with Gasteiger partial charge in [-0.15, -0.1) is 0 Å². The van der Waals surface area contributed by atoms with Crippen molar-refractivity contribution in [3.8, 4) is 11.3 Å². The minimum absolute atomic E-state index is 0.138. The summed E-state index contributed by atoms with van der Waals surface area (Å²) in [7, 11) is 0.